The summed E-state index contributed by atoms with van der Waals surface area (Å²) in [7, 11) is 0. The molecule has 0 N–H and O–H groups in total. The third-order valence-electron chi connectivity index (χ3n) is 4.32. The van der Waals surface area contributed by atoms with Gasteiger partial charge in [0, 0.05) is 43.5 Å². The second-order valence-corrected chi connectivity index (χ2v) is 5.91. The highest BCUT2D eigenvalue weighted by Crippen LogP contribution is 2.23. The average molecular weight is 328 g/mol. The fourth-order valence-electron chi connectivity index (χ4n) is 2.88. The summed E-state index contributed by atoms with van der Waals surface area (Å²) in [4.78, 5) is 27.9. The van der Waals surface area contributed by atoms with Crippen molar-refractivity contribution in [3.05, 3.63) is 45.5 Å². The molecule has 0 aromatic carbocycles. The number of pyridine rings is 1. The number of aromatic nitrogens is 3. The molecule has 126 valence electrons. The quantitative estimate of drug-likeness (QED) is 0.629. The molecule has 0 amide bonds. The molecule has 1 aliphatic rings. The van der Waals surface area contributed by atoms with E-state index >= 15 is 0 Å². The molecule has 0 atom stereocenters. The first-order valence-electron chi connectivity index (χ1n) is 7.88. The van der Waals surface area contributed by atoms with Crippen molar-refractivity contribution >= 4 is 17.3 Å². The van der Waals surface area contributed by atoms with Crippen LogP contribution in [0.5, 0.6) is 0 Å². The van der Waals surface area contributed by atoms with Crippen molar-refractivity contribution in [2.45, 2.75) is 20.8 Å². The Morgan fingerprint density at radius 1 is 1.04 bits per heavy atom. The van der Waals surface area contributed by atoms with Crippen LogP contribution in [0.2, 0.25) is 0 Å². The standard InChI is InChI=1S/C16H20N6O2/c1-11-12(2)18-13(3)19-16(11)21-8-6-20(7-9-21)15-5-4-14(10-17-15)22(23)24/h4-5,10H,6-9H2,1-3H3. The first-order valence-corrected chi connectivity index (χ1v) is 7.88. The van der Waals surface area contributed by atoms with Crippen LogP contribution in [0.25, 0.3) is 0 Å². The molecule has 1 aliphatic heterocycles. The van der Waals surface area contributed by atoms with E-state index in [0.29, 0.717) is 0 Å². The summed E-state index contributed by atoms with van der Waals surface area (Å²) in [6.07, 6.45) is 1.31. The maximum Gasteiger partial charge on any atom is 0.287 e. The Hall–Kier alpha value is -2.77. The van der Waals surface area contributed by atoms with Crippen LogP contribution in [0.4, 0.5) is 17.3 Å². The molecule has 2 aromatic rings. The zero-order valence-electron chi connectivity index (χ0n) is 14.1. The highest BCUT2D eigenvalue weighted by Gasteiger charge is 2.22. The molecule has 0 radical (unpaired) electrons. The Morgan fingerprint density at radius 2 is 1.71 bits per heavy atom. The van der Waals surface area contributed by atoms with Crippen LogP contribution in [-0.2, 0) is 0 Å². The molecule has 0 aliphatic carbocycles. The average Bonchev–Trinajstić information content (AvgIpc) is 2.58. The van der Waals surface area contributed by atoms with E-state index < -0.39 is 4.92 Å². The largest absolute Gasteiger partial charge is 0.353 e. The SMILES string of the molecule is Cc1nc(C)c(C)c(N2CCN(c3ccc([N+](=O)[O-])cn3)CC2)n1. The first kappa shape index (κ1) is 16.1. The molecule has 1 saturated heterocycles. The van der Waals surface area contributed by atoms with Crippen LogP contribution in [0.3, 0.4) is 0 Å². The van der Waals surface area contributed by atoms with Crippen molar-refractivity contribution in [3.63, 3.8) is 0 Å². The van der Waals surface area contributed by atoms with E-state index in [1.807, 2.05) is 20.8 Å². The van der Waals surface area contributed by atoms with Gasteiger partial charge in [-0.3, -0.25) is 10.1 Å². The van der Waals surface area contributed by atoms with Gasteiger partial charge in [0.1, 0.15) is 23.7 Å². The molecule has 24 heavy (non-hydrogen) atoms. The van der Waals surface area contributed by atoms with Gasteiger partial charge in [-0.2, -0.15) is 0 Å². The van der Waals surface area contributed by atoms with Crippen molar-refractivity contribution in [1.29, 1.82) is 0 Å². The van der Waals surface area contributed by atoms with E-state index in [2.05, 4.69) is 24.8 Å². The molecule has 3 rings (SSSR count). The summed E-state index contributed by atoms with van der Waals surface area (Å²) < 4.78 is 0. The van der Waals surface area contributed by atoms with Gasteiger partial charge in [-0.1, -0.05) is 0 Å². The lowest BCUT2D eigenvalue weighted by atomic mass is 10.2. The van der Waals surface area contributed by atoms with Gasteiger partial charge in [-0.05, 0) is 26.8 Å². The topological polar surface area (TPSA) is 88.3 Å². The Kier molecular flexibility index (Phi) is 4.28. The minimum absolute atomic E-state index is 0.0138. The molecule has 0 saturated carbocycles. The molecular weight excluding hydrogens is 308 g/mol. The van der Waals surface area contributed by atoms with E-state index in [1.165, 1.54) is 12.3 Å². The van der Waals surface area contributed by atoms with E-state index in [1.54, 1.807) is 6.07 Å². The van der Waals surface area contributed by atoms with Gasteiger partial charge in [0.25, 0.3) is 5.69 Å². The van der Waals surface area contributed by atoms with Crippen molar-refractivity contribution in [2.24, 2.45) is 0 Å². The van der Waals surface area contributed by atoms with Gasteiger partial charge in [0.2, 0.25) is 0 Å². The van der Waals surface area contributed by atoms with Gasteiger partial charge >= 0.3 is 0 Å². The normalized spacial score (nSPS) is 14.8. The Balaban J connectivity index is 1.71. The molecule has 0 bridgehead atoms. The van der Waals surface area contributed by atoms with Crippen LogP contribution in [0.15, 0.2) is 18.3 Å². The number of rotatable bonds is 3. The zero-order chi connectivity index (χ0) is 17.3. The van der Waals surface area contributed by atoms with E-state index in [4.69, 9.17) is 0 Å². The van der Waals surface area contributed by atoms with Gasteiger partial charge in [-0.25, -0.2) is 15.0 Å². The third-order valence-corrected chi connectivity index (χ3v) is 4.32. The number of hydrogen-bond acceptors (Lipinski definition) is 7. The zero-order valence-corrected chi connectivity index (χ0v) is 14.1. The van der Waals surface area contributed by atoms with Crippen molar-refractivity contribution in [2.75, 3.05) is 36.0 Å². The molecule has 0 spiro atoms. The van der Waals surface area contributed by atoms with Crippen LogP contribution < -0.4 is 9.80 Å². The molecule has 8 heteroatoms. The number of anilines is 2. The number of nitrogens with zero attached hydrogens (tertiary/aromatic N) is 6. The van der Waals surface area contributed by atoms with Gasteiger partial charge in [0.05, 0.1) is 4.92 Å². The summed E-state index contributed by atoms with van der Waals surface area (Å²) in [5.74, 6) is 2.55. The fourth-order valence-corrected chi connectivity index (χ4v) is 2.88. The Labute approximate surface area is 140 Å². The number of hydrogen-bond donors (Lipinski definition) is 0. The lowest BCUT2D eigenvalue weighted by Crippen LogP contribution is -2.47. The predicted octanol–water partition coefficient (Wildman–Crippen LogP) is 2.03. The first-order chi connectivity index (χ1) is 11.5. The summed E-state index contributed by atoms with van der Waals surface area (Å²) in [5.41, 5.74) is 2.14. The van der Waals surface area contributed by atoms with Gasteiger partial charge in [-0.15, -0.1) is 0 Å². The number of aryl methyl sites for hydroxylation is 2. The highest BCUT2D eigenvalue weighted by molar-refractivity contribution is 5.51. The molecular formula is C16H20N6O2. The Morgan fingerprint density at radius 3 is 2.29 bits per heavy atom. The minimum Gasteiger partial charge on any atom is -0.353 e. The van der Waals surface area contributed by atoms with Crippen LogP contribution in [0.1, 0.15) is 17.1 Å². The van der Waals surface area contributed by atoms with Gasteiger partial charge < -0.3 is 9.80 Å². The fraction of sp³-hybridized carbons (Fsp3) is 0.438. The smallest absolute Gasteiger partial charge is 0.287 e. The lowest BCUT2D eigenvalue weighted by Gasteiger charge is -2.36. The summed E-state index contributed by atoms with van der Waals surface area (Å²) in [6, 6.07) is 3.20. The molecule has 8 nitrogen and oxygen atoms in total. The number of piperazine rings is 1. The summed E-state index contributed by atoms with van der Waals surface area (Å²) in [5, 5.41) is 10.7. The predicted molar refractivity (Wildman–Crippen MR) is 91.6 cm³/mol. The molecule has 2 aromatic heterocycles. The molecule has 0 unspecified atom stereocenters. The van der Waals surface area contributed by atoms with Crippen LogP contribution >= 0.6 is 0 Å². The van der Waals surface area contributed by atoms with E-state index in [9.17, 15) is 10.1 Å². The second kappa shape index (κ2) is 6.38. The van der Waals surface area contributed by atoms with E-state index in [0.717, 1.165) is 54.9 Å². The van der Waals surface area contributed by atoms with Crippen molar-refractivity contribution < 1.29 is 4.92 Å². The monoisotopic (exact) mass is 328 g/mol. The molecule has 1 fully saturated rings. The summed E-state index contributed by atoms with van der Waals surface area (Å²) >= 11 is 0. The van der Waals surface area contributed by atoms with E-state index in [-0.39, 0.29) is 5.69 Å². The maximum atomic E-state index is 10.7. The number of nitro groups is 1. The van der Waals surface area contributed by atoms with Crippen molar-refractivity contribution in [1.82, 2.24) is 15.0 Å². The van der Waals surface area contributed by atoms with Crippen LogP contribution in [0, 0.1) is 30.9 Å². The maximum absolute atomic E-state index is 10.7. The lowest BCUT2D eigenvalue weighted by molar-refractivity contribution is -0.385. The van der Waals surface area contributed by atoms with Crippen molar-refractivity contribution in [3.8, 4) is 0 Å². The van der Waals surface area contributed by atoms with Gasteiger partial charge in [0.15, 0.2) is 0 Å². The minimum atomic E-state index is -0.433. The molecule has 3 heterocycles. The third kappa shape index (κ3) is 3.12. The summed E-state index contributed by atoms with van der Waals surface area (Å²) in [6.45, 7) is 9.22. The van der Waals surface area contributed by atoms with Crippen LogP contribution in [-0.4, -0.2) is 46.1 Å². The second-order valence-electron chi connectivity index (χ2n) is 5.91. The Bertz CT molecular complexity index is 754. The highest BCUT2D eigenvalue weighted by atomic mass is 16.6.